The molecule has 0 aliphatic heterocycles. The van der Waals surface area contributed by atoms with Crippen LogP contribution in [0.1, 0.15) is 23.5 Å². The van der Waals surface area contributed by atoms with Crippen LogP contribution in [0.3, 0.4) is 0 Å². The molecule has 4 nitrogen and oxygen atoms in total. The molecule has 0 bridgehead atoms. The van der Waals surface area contributed by atoms with Gasteiger partial charge in [0.1, 0.15) is 4.21 Å². The van der Waals surface area contributed by atoms with Crippen LogP contribution in [0.5, 0.6) is 0 Å². The van der Waals surface area contributed by atoms with Gasteiger partial charge < -0.3 is 5.11 Å². The van der Waals surface area contributed by atoms with Crippen molar-refractivity contribution in [3.05, 3.63) is 50.9 Å². The molecule has 0 radical (unpaired) electrons. The van der Waals surface area contributed by atoms with E-state index in [2.05, 4.69) is 0 Å². The minimum absolute atomic E-state index is 0.0640. The standard InChI is InChI=1S/C13H13NO3S2/c1-8-5-3-4-6-11(8)18-13-10(14(16)17)7-12(19-13)9(2)15/h3-7,9,15H,1-2H3/t9-/m0/s1. The maximum Gasteiger partial charge on any atom is 0.294 e. The van der Waals surface area contributed by atoms with Gasteiger partial charge in [-0.25, -0.2) is 0 Å². The second kappa shape index (κ2) is 5.73. The molecule has 0 saturated heterocycles. The fourth-order valence-corrected chi connectivity index (χ4v) is 3.89. The fourth-order valence-electron chi connectivity index (χ4n) is 1.56. The number of benzene rings is 1. The van der Waals surface area contributed by atoms with Crippen molar-refractivity contribution in [2.75, 3.05) is 0 Å². The van der Waals surface area contributed by atoms with E-state index in [0.717, 1.165) is 10.5 Å². The second-order valence-corrected chi connectivity index (χ2v) is 6.52. The molecule has 0 aliphatic carbocycles. The number of nitrogens with zero attached hydrogens (tertiary/aromatic N) is 1. The van der Waals surface area contributed by atoms with Crippen molar-refractivity contribution in [3.63, 3.8) is 0 Å². The molecule has 100 valence electrons. The van der Waals surface area contributed by atoms with Gasteiger partial charge in [0, 0.05) is 15.8 Å². The quantitative estimate of drug-likeness (QED) is 0.679. The van der Waals surface area contributed by atoms with Gasteiger partial charge in [-0.1, -0.05) is 30.0 Å². The van der Waals surface area contributed by atoms with Crippen molar-refractivity contribution in [2.24, 2.45) is 0 Å². The lowest BCUT2D eigenvalue weighted by Gasteiger charge is -2.02. The molecular weight excluding hydrogens is 282 g/mol. The van der Waals surface area contributed by atoms with Crippen LogP contribution in [0.15, 0.2) is 39.4 Å². The summed E-state index contributed by atoms with van der Waals surface area (Å²) in [6.07, 6.45) is -0.685. The monoisotopic (exact) mass is 295 g/mol. The first kappa shape index (κ1) is 14.0. The van der Waals surface area contributed by atoms with E-state index in [9.17, 15) is 15.2 Å². The van der Waals surface area contributed by atoms with Crippen molar-refractivity contribution < 1.29 is 10.0 Å². The van der Waals surface area contributed by atoms with E-state index >= 15 is 0 Å². The zero-order valence-corrected chi connectivity index (χ0v) is 12.1. The Hall–Kier alpha value is -1.37. The van der Waals surface area contributed by atoms with Crippen LogP contribution in [0.2, 0.25) is 0 Å². The highest BCUT2D eigenvalue weighted by atomic mass is 32.2. The molecule has 6 heteroatoms. The van der Waals surface area contributed by atoms with Gasteiger partial charge in [0.25, 0.3) is 5.69 Å². The number of hydrogen-bond donors (Lipinski definition) is 1. The first-order valence-electron chi connectivity index (χ1n) is 5.68. The van der Waals surface area contributed by atoms with E-state index < -0.39 is 11.0 Å². The number of aliphatic hydroxyl groups is 1. The third-order valence-electron chi connectivity index (χ3n) is 2.60. The minimum atomic E-state index is -0.685. The number of aliphatic hydroxyl groups excluding tert-OH is 1. The van der Waals surface area contributed by atoms with E-state index in [1.165, 1.54) is 29.2 Å². The van der Waals surface area contributed by atoms with E-state index in [1.54, 1.807) is 6.92 Å². The van der Waals surface area contributed by atoms with Gasteiger partial charge in [-0.05, 0) is 25.5 Å². The van der Waals surface area contributed by atoms with Crippen molar-refractivity contribution in [1.82, 2.24) is 0 Å². The summed E-state index contributed by atoms with van der Waals surface area (Å²) < 4.78 is 0.607. The summed E-state index contributed by atoms with van der Waals surface area (Å²) in [5.41, 5.74) is 1.14. The molecule has 1 aromatic carbocycles. The molecule has 0 aliphatic rings. The Morgan fingerprint density at radius 3 is 2.68 bits per heavy atom. The third kappa shape index (κ3) is 3.15. The number of rotatable bonds is 4. The lowest BCUT2D eigenvalue weighted by molar-refractivity contribution is -0.387. The summed E-state index contributed by atoms with van der Waals surface area (Å²) in [4.78, 5) is 12.3. The SMILES string of the molecule is Cc1ccccc1Sc1sc([C@H](C)O)cc1[N+](=O)[O-]. The van der Waals surface area contributed by atoms with Gasteiger partial charge >= 0.3 is 0 Å². The van der Waals surface area contributed by atoms with Crippen molar-refractivity contribution in [1.29, 1.82) is 0 Å². The molecule has 2 aromatic rings. The van der Waals surface area contributed by atoms with E-state index in [-0.39, 0.29) is 5.69 Å². The summed E-state index contributed by atoms with van der Waals surface area (Å²) in [7, 11) is 0. The van der Waals surface area contributed by atoms with Crippen LogP contribution in [0, 0.1) is 17.0 Å². The Morgan fingerprint density at radius 1 is 1.42 bits per heavy atom. The molecule has 0 fully saturated rings. The van der Waals surface area contributed by atoms with Crippen LogP contribution >= 0.6 is 23.1 Å². The topological polar surface area (TPSA) is 63.4 Å². The van der Waals surface area contributed by atoms with Gasteiger partial charge in [0.05, 0.1) is 11.0 Å². The highest BCUT2D eigenvalue weighted by Gasteiger charge is 2.22. The van der Waals surface area contributed by atoms with Crippen LogP contribution < -0.4 is 0 Å². The average molecular weight is 295 g/mol. The summed E-state index contributed by atoms with van der Waals surface area (Å²) in [6.45, 7) is 3.58. The van der Waals surface area contributed by atoms with Gasteiger partial charge in [-0.15, -0.1) is 11.3 Å². The van der Waals surface area contributed by atoms with Crippen molar-refractivity contribution in [3.8, 4) is 0 Å². The maximum atomic E-state index is 11.1. The first-order chi connectivity index (χ1) is 8.99. The summed E-state index contributed by atoms with van der Waals surface area (Å²) >= 11 is 2.64. The number of hydrogen-bond acceptors (Lipinski definition) is 5. The molecule has 0 saturated carbocycles. The highest BCUT2D eigenvalue weighted by molar-refractivity contribution is 8.01. The first-order valence-corrected chi connectivity index (χ1v) is 7.32. The molecule has 0 unspecified atom stereocenters. The molecule has 1 atom stereocenters. The lowest BCUT2D eigenvalue weighted by Crippen LogP contribution is -1.87. The summed E-state index contributed by atoms with van der Waals surface area (Å²) in [5, 5.41) is 20.6. The second-order valence-electron chi connectivity index (χ2n) is 4.12. The molecule has 1 N–H and O–H groups in total. The smallest absolute Gasteiger partial charge is 0.294 e. The lowest BCUT2D eigenvalue weighted by atomic mass is 10.2. The number of aryl methyl sites for hydroxylation is 1. The third-order valence-corrected chi connectivity index (χ3v) is 5.27. The summed E-state index contributed by atoms with van der Waals surface area (Å²) in [5.74, 6) is 0. The van der Waals surface area contributed by atoms with Crippen molar-refractivity contribution >= 4 is 28.8 Å². The van der Waals surface area contributed by atoms with E-state index in [0.29, 0.717) is 9.09 Å². The Bertz CT molecular complexity index is 608. The predicted octanol–water partition coefficient (Wildman–Crippen LogP) is 4.17. The predicted molar refractivity (Wildman–Crippen MR) is 76.9 cm³/mol. The van der Waals surface area contributed by atoms with Gasteiger partial charge in [-0.3, -0.25) is 10.1 Å². The largest absolute Gasteiger partial charge is 0.388 e. The zero-order valence-electron chi connectivity index (χ0n) is 10.5. The van der Waals surface area contributed by atoms with E-state index in [4.69, 9.17) is 0 Å². The fraction of sp³-hybridized carbons (Fsp3) is 0.231. The maximum absolute atomic E-state index is 11.1. The molecule has 0 spiro atoms. The van der Waals surface area contributed by atoms with E-state index in [1.807, 2.05) is 31.2 Å². The van der Waals surface area contributed by atoms with Gasteiger partial charge in [0.2, 0.25) is 0 Å². The Morgan fingerprint density at radius 2 is 2.11 bits per heavy atom. The van der Waals surface area contributed by atoms with Crippen LogP contribution in [-0.4, -0.2) is 10.0 Å². The molecule has 1 aromatic heterocycles. The van der Waals surface area contributed by atoms with Crippen LogP contribution in [0.25, 0.3) is 0 Å². The van der Waals surface area contributed by atoms with Gasteiger partial charge in [0.15, 0.2) is 0 Å². The zero-order chi connectivity index (χ0) is 14.0. The number of nitro groups is 1. The average Bonchev–Trinajstić information content (AvgIpc) is 2.76. The summed E-state index contributed by atoms with van der Waals surface area (Å²) in [6, 6.07) is 9.20. The molecule has 0 amide bonds. The minimum Gasteiger partial charge on any atom is -0.388 e. The van der Waals surface area contributed by atoms with Crippen LogP contribution in [-0.2, 0) is 0 Å². The molecule has 19 heavy (non-hydrogen) atoms. The highest BCUT2D eigenvalue weighted by Crippen LogP contribution is 2.43. The molecule has 1 heterocycles. The Labute approximate surface area is 119 Å². The molecular formula is C13H13NO3S2. The van der Waals surface area contributed by atoms with Crippen molar-refractivity contribution in [2.45, 2.75) is 29.1 Å². The normalized spacial score (nSPS) is 12.4. The van der Waals surface area contributed by atoms with Gasteiger partial charge in [-0.2, -0.15) is 0 Å². The number of thiophene rings is 1. The van der Waals surface area contributed by atoms with Crippen LogP contribution in [0.4, 0.5) is 5.69 Å². The Balaban J connectivity index is 2.39. The Kier molecular flexibility index (Phi) is 4.24. The molecule has 2 rings (SSSR count).